The lowest BCUT2D eigenvalue weighted by atomic mass is 10.1. The lowest BCUT2D eigenvalue weighted by Gasteiger charge is -2.32. The Morgan fingerprint density at radius 1 is 1.17 bits per heavy atom. The van der Waals surface area contributed by atoms with Crippen LogP contribution in [0.15, 0.2) is 0 Å². The van der Waals surface area contributed by atoms with Crippen molar-refractivity contribution in [3.8, 4) is 0 Å². The molecule has 1 heterocycles. The van der Waals surface area contributed by atoms with E-state index < -0.39 is 0 Å². The summed E-state index contributed by atoms with van der Waals surface area (Å²) in [7, 11) is 1.73. The van der Waals surface area contributed by atoms with Crippen molar-refractivity contribution in [3.63, 3.8) is 0 Å². The van der Waals surface area contributed by atoms with E-state index in [2.05, 4.69) is 17.1 Å². The fourth-order valence-corrected chi connectivity index (χ4v) is 2.31. The molecular weight excluding hydrogens is 228 g/mol. The van der Waals surface area contributed by atoms with Crippen molar-refractivity contribution in [2.75, 3.05) is 53.1 Å². The summed E-state index contributed by atoms with van der Waals surface area (Å²) >= 11 is 0. The number of hydrogen-bond donors (Lipinski definition) is 1. The van der Waals surface area contributed by atoms with Gasteiger partial charge < -0.3 is 19.7 Å². The first-order chi connectivity index (χ1) is 8.86. The minimum absolute atomic E-state index is 0.740. The Hall–Kier alpha value is -0.160. The maximum Gasteiger partial charge on any atom is 0.0593 e. The van der Waals surface area contributed by atoms with E-state index in [1.807, 2.05) is 0 Å². The van der Waals surface area contributed by atoms with Gasteiger partial charge in [-0.1, -0.05) is 6.92 Å². The molecular formula is C14H30N2O2. The van der Waals surface area contributed by atoms with E-state index in [9.17, 15) is 0 Å². The summed E-state index contributed by atoms with van der Waals surface area (Å²) in [5, 5.41) is 3.61. The molecule has 1 rings (SSSR count). The molecule has 1 aliphatic rings. The van der Waals surface area contributed by atoms with E-state index in [1.165, 1.54) is 32.4 Å². The van der Waals surface area contributed by atoms with E-state index in [4.69, 9.17) is 9.47 Å². The van der Waals surface area contributed by atoms with E-state index in [0.29, 0.717) is 0 Å². The Kier molecular flexibility index (Phi) is 9.48. The highest BCUT2D eigenvalue weighted by Gasteiger charge is 2.17. The van der Waals surface area contributed by atoms with Crippen molar-refractivity contribution in [3.05, 3.63) is 0 Å². The number of rotatable bonds is 10. The van der Waals surface area contributed by atoms with Crippen LogP contribution in [-0.4, -0.2) is 64.1 Å². The standard InChI is InChI=1S/C14H30N2O2/c1-3-7-15-14-5-8-16(9-6-14)10-13-18-12-4-11-17-2/h14-15H,3-13H2,1-2H3. The lowest BCUT2D eigenvalue weighted by Crippen LogP contribution is -2.43. The molecule has 0 aromatic rings. The van der Waals surface area contributed by atoms with Gasteiger partial charge in [-0.05, 0) is 45.3 Å². The SMILES string of the molecule is CCCNC1CCN(CCOCCCOC)CC1. The summed E-state index contributed by atoms with van der Waals surface area (Å²) < 4.78 is 10.6. The van der Waals surface area contributed by atoms with Crippen molar-refractivity contribution in [1.82, 2.24) is 10.2 Å². The molecule has 0 atom stereocenters. The maximum absolute atomic E-state index is 5.59. The van der Waals surface area contributed by atoms with Gasteiger partial charge in [0.15, 0.2) is 0 Å². The van der Waals surface area contributed by atoms with Crippen LogP contribution in [0.5, 0.6) is 0 Å². The Morgan fingerprint density at radius 2 is 1.94 bits per heavy atom. The molecule has 0 spiro atoms. The van der Waals surface area contributed by atoms with Gasteiger partial charge in [0.1, 0.15) is 0 Å². The molecule has 1 aliphatic heterocycles. The van der Waals surface area contributed by atoms with Gasteiger partial charge in [-0.2, -0.15) is 0 Å². The molecule has 4 nitrogen and oxygen atoms in total. The van der Waals surface area contributed by atoms with Crippen LogP contribution in [0.2, 0.25) is 0 Å². The largest absolute Gasteiger partial charge is 0.385 e. The van der Waals surface area contributed by atoms with Crippen molar-refractivity contribution >= 4 is 0 Å². The van der Waals surface area contributed by atoms with Gasteiger partial charge >= 0.3 is 0 Å². The first-order valence-electron chi connectivity index (χ1n) is 7.39. The molecule has 1 N–H and O–H groups in total. The van der Waals surface area contributed by atoms with E-state index in [0.717, 1.165) is 45.4 Å². The van der Waals surface area contributed by atoms with Crippen LogP contribution in [0, 0.1) is 0 Å². The molecule has 0 bridgehead atoms. The van der Waals surface area contributed by atoms with Crippen LogP contribution < -0.4 is 5.32 Å². The molecule has 0 saturated carbocycles. The molecule has 4 heteroatoms. The van der Waals surface area contributed by atoms with Crippen LogP contribution in [-0.2, 0) is 9.47 Å². The van der Waals surface area contributed by atoms with Gasteiger partial charge in [0, 0.05) is 32.9 Å². The molecule has 18 heavy (non-hydrogen) atoms. The highest BCUT2D eigenvalue weighted by Crippen LogP contribution is 2.09. The minimum atomic E-state index is 0.740. The molecule has 0 aliphatic carbocycles. The molecule has 0 radical (unpaired) electrons. The first-order valence-corrected chi connectivity index (χ1v) is 7.39. The monoisotopic (exact) mass is 258 g/mol. The Morgan fingerprint density at radius 3 is 2.61 bits per heavy atom. The topological polar surface area (TPSA) is 33.7 Å². The normalized spacial score (nSPS) is 18.3. The van der Waals surface area contributed by atoms with E-state index in [-0.39, 0.29) is 0 Å². The predicted molar refractivity (Wildman–Crippen MR) is 75.1 cm³/mol. The Labute approximate surface area is 112 Å². The number of nitrogens with zero attached hydrogens (tertiary/aromatic N) is 1. The van der Waals surface area contributed by atoms with Crippen LogP contribution in [0.1, 0.15) is 32.6 Å². The second kappa shape index (κ2) is 10.7. The van der Waals surface area contributed by atoms with Crippen LogP contribution in [0.25, 0.3) is 0 Å². The molecule has 1 saturated heterocycles. The number of ether oxygens (including phenoxy) is 2. The third kappa shape index (κ3) is 7.31. The number of hydrogen-bond acceptors (Lipinski definition) is 4. The van der Waals surface area contributed by atoms with Crippen molar-refractivity contribution < 1.29 is 9.47 Å². The third-order valence-corrected chi connectivity index (χ3v) is 3.46. The predicted octanol–water partition coefficient (Wildman–Crippen LogP) is 1.50. The van der Waals surface area contributed by atoms with Crippen LogP contribution in [0.4, 0.5) is 0 Å². The quantitative estimate of drug-likeness (QED) is 0.602. The molecule has 108 valence electrons. The summed E-state index contributed by atoms with van der Waals surface area (Å²) in [6.45, 7) is 9.36. The second-order valence-corrected chi connectivity index (χ2v) is 5.03. The third-order valence-electron chi connectivity index (χ3n) is 3.46. The summed E-state index contributed by atoms with van der Waals surface area (Å²) in [5.74, 6) is 0. The average molecular weight is 258 g/mol. The van der Waals surface area contributed by atoms with Crippen LogP contribution >= 0.6 is 0 Å². The van der Waals surface area contributed by atoms with Gasteiger partial charge in [-0.15, -0.1) is 0 Å². The molecule has 0 aromatic heterocycles. The minimum Gasteiger partial charge on any atom is -0.385 e. The van der Waals surface area contributed by atoms with E-state index in [1.54, 1.807) is 7.11 Å². The van der Waals surface area contributed by atoms with Gasteiger partial charge in [0.25, 0.3) is 0 Å². The zero-order chi connectivity index (χ0) is 13.1. The smallest absolute Gasteiger partial charge is 0.0593 e. The number of methoxy groups -OCH3 is 1. The fourth-order valence-electron chi connectivity index (χ4n) is 2.31. The summed E-state index contributed by atoms with van der Waals surface area (Å²) in [6, 6.07) is 0.740. The number of likely N-dealkylation sites (tertiary alicyclic amines) is 1. The number of nitrogens with one attached hydrogen (secondary N) is 1. The molecule has 0 unspecified atom stereocenters. The molecule has 0 aromatic carbocycles. The zero-order valence-corrected chi connectivity index (χ0v) is 12.1. The van der Waals surface area contributed by atoms with Gasteiger partial charge in [0.05, 0.1) is 6.61 Å². The Balaban J connectivity index is 1.92. The van der Waals surface area contributed by atoms with Crippen molar-refractivity contribution in [1.29, 1.82) is 0 Å². The highest BCUT2D eigenvalue weighted by molar-refractivity contribution is 4.76. The van der Waals surface area contributed by atoms with E-state index >= 15 is 0 Å². The summed E-state index contributed by atoms with van der Waals surface area (Å²) in [5.41, 5.74) is 0. The zero-order valence-electron chi connectivity index (χ0n) is 12.1. The van der Waals surface area contributed by atoms with Gasteiger partial charge in [-0.25, -0.2) is 0 Å². The van der Waals surface area contributed by atoms with Crippen molar-refractivity contribution in [2.24, 2.45) is 0 Å². The fraction of sp³-hybridized carbons (Fsp3) is 1.00. The number of piperidine rings is 1. The van der Waals surface area contributed by atoms with Gasteiger partial charge in [0.2, 0.25) is 0 Å². The Bertz CT molecular complexity index is 183. The average Bonchev–Trinajstić information content (AvgIpc) is 2.42. The molecule has 0 amide bonds. The summed E-state index contributed by atoms with van der Waals surface area (Å²) in [6.07, 6.45) is 4.79. The summed E-state index contributed by atoms with van der Waals surface area (Å²) in [4.78, 5) is 2.51. The van der Waals surface area contributed by atoms with Gasteiger partial charge in [-0.3, -0.25) is 0 Å². The lowest BCUT2D eigenvalue weighted by molar-refractivity contribution is 0.0761. The first kappa shape index (κ1) is 15.9. The van der Waals surface area contributed by atoms with Crippen LogP contribution in [0.3, 0.4) is 0 Å². The molecule has 1 fully saturated rings. The second-order valence-electron chi connectivity index (χ2n) is 5.03. The maximum atomic E-state index is 5.59. The van der Waals surface area contributed by atoms with Crippen molar-refractivity contribution in [2.45, 2.75) is 38.6 Å². The highest BCUT2D eigenvalue weighted by atomic mass is 16.5.